The quantitative estimate of drug-likeness (QED) is 0.735. The van der Waals surface area contributed by atoms with Crippen LogP contribution in [0.25, 0.3) is 0 Å². The maximum atomic E-state index is 13.2. The van der Waals surface area contributed by atoms with Crippen molar-refractivity contribution in [3.05, 3.63) is 0 Å². The minimum Gasteiger partial charge on any atom is -0.390 e. The Bertz CT molecular complexity index is 199. The molecule has 0 bridgehead atoms. The molecular weight excluding hydrogens is 186 g/mol. The van der Waals surface area contributed by atoms with Gasteiger partial charge in [-0.05, 0) is 24.7 Å². The lowest BCUT2D eigenvalue weighted by Gasteiger charge is -2.40. The summed E-state index contributed by atoms with van der Waals surface area (Å²) in [5.74, 6) is -2.50. The second-order valence-electron chi connectivity index (χ2n) is 5.37. The van der Waals surface area contributed by atoms with Crippen molar-refractivity contribution < 1.29 is 13.9 Å². The first kappa shape index (κ1) is 11.9. The maximum Gasteiger partial charge on any atom is 0.251 e. The Morgan fingerprint density at radius 2 is 1.93 bits per heavy atom. The zero-order valence-electron chi connectivity index (χ0n) is 9.19. The summed E-state index contributed by atoms with van der Waals surface area (Å²) in [5.41, 5.74) is -1.14. The normalized spacial score (nSPS) is 37.5. The van der Waals surface area contributed by atoms with Gasteiger partial charge < -0.3 is 5.11 Å². The minimum absolute atomic E-state index is 0.0760. The lowest BCUT2D eigenvalue weighted by atomic mass is 9.73. The summed E-state index contributed by atoms with van der Waals surface area (Å²) in [7, 11) is 0. The summed E-state index contributed by atoms with van der Waals surface area (Å²) >= 11 is 0. The van der Waals surface area contributed by atoms with Gasteiger partial charge in [-0.3, -0.25) is 0 Å². The largest absolute Gasteiger partial charge is 0.390 e. The molecule has 1 nitrogen and oxygen atoms in total. The summed E-state index contributed by atoms with van der Waals surface area (Å²) in [4.78, 5) is 0. The molecule has 0 aromatic carbocycles. The fraction of sp³-hybridized carbons (Fsp3) is 1.00. The Balaban J connectivity index is 2.68. The second-order valence-corrected chi connectivity index (χ2v) is 5.37. The van der Waals surface area contributed by atoms with Crippen LogP contribution in [0.3, 0.4) is 0 Å². The molecule has 0 amide bonds. The average molecular weight is 206 g/mol. The number of halogens is 2. The average Bonchev–Trinajstić information content (AvgIpc) is 1.74. The molecule has 14 heavy (non-hydrogen) atoms. The van der Waals surface area contributed by atoms with E-state index in [0.29, 0.717) is 12.8 Å². The summed E-state index contributed by atoms with van der Waals surface area (Å²) in [6.45, 7) is 5.70. The van der Waals surface area contributed by atoms with E-state index in [9.17, 15) is 13.9 Å². The van der Waals surface area contributed by atoms with Gasteiger partial charge in [0.2, 0.25) is 0 Å². The SMILES string of the molecule is CC(C)C[C@@]1(O)C[C@@H](C)CC(F)(F)C1. The molecule has 0 heterocycles. The number of hydrogen-bond acceptors (Lipinski definition) is 1. The maximum absolute atomic E-state index is 13.2. The van der Waals surface area contributed by atoms with Crippen LogP contribution in [0.1, 0.15) is 46.5 Å². The van der Waals surface area contributed by atoms with Gasteiger partial charge in [0.1, 0.15) is 0 Å². The molecule has 0 aromatic rings. The number of rotatable bonds is 2. The Morgan fingerprint density at radius 1 is 1.36 bits per heavy atom. The molecule has 1 N–H and O–H groups in total. The van der Waals surface area contributed by atoms with Crippen molar-refractivity contribution in [3.8, 4) is 0 Å². The van der Waals surface area contributed by atoms with Crippen molar-refractivity contribution in [2.45, 2.75) is 58.0 Å². The van der Waals surface area contributed by atoms with Crippen LogP contribution in [0.2, 0.25) is 0 Å². The minimum atomic E-state index is -2.68. The number of alkyl halides is 2. The molecule has 1 fully saturated rings. The molecule has 1 aliphatic carbocycles. The van der Waals surface area contributed by atoms with Crippen molar-refractivity contribution in [3.63, 3.8) is 0 Å². The van der Waals surface area contributed by atoms with E-state index in [1.807, 2.05) is 13.8 Å². The van der Waals surface area contributed by atoms with E-state index >= 15 is 0 Å². The van der Waals surface area contributed by atoms with Crippen LogP contribution in [0, 0.1) is 11.8 Å². The standard InChI is InChI=1S/C11H20F2O/c1-8(2)4-10(14)5-9(3)6-11(12,13)7-10/h8-9,14H,4-7H2,1-3H3/t9-,10-/m1/s1. The Labute approximate surface area is 84.5 Å². The Hall–Kier alpha value is -0.180. The number of aliphatic hydroxyl groups is 1. The van der Waals surface area contributed by atoms with Crippen LogP contribution in [0.4, 0.5) is 8.78 Å². The van der Waals surface area contributed by atoms with Gasteiger partial charge in [-0.1, -0.05) is 20.8 Å². The van der Waals surface area contributed by atoms with Gasteiger partial charge >= 0.3 is 0 Å². The van der Waals surface area contributed by atoms with Crippen LogP contribution in [0.15, 0.2) is 0 Å². The first-order chi connectivity index (χ1) is 6.22. The molecule has 1 saturated carbocycles. The molecular formula is C11H20F2O. The fourth-order valence-corrected chi connectivity index (χ4v) is 2.77. The third kappa shape index (κ3) is 3.19. The predicted molar refractivity (Wildman–Crippen MR) is 52.4 cm³/mol. The van der Waals surface area contributed by atoms with E-state index in [2.05, 4.69) is 0 Å². The molecule has 0 aromatic heterocycles. The molecule has 0 aliphatic heterocycles. The van der Waals surface area contributed by atoms with E-state index in [0.717, 1.165) is 0 Å². The first-order valence-corrected chi connectivity index (χ1v) is 5.33. The lowest BCUT2D eigenvalue weighted by Crippen LogP contribution is -2.44. The molecule has 3 heteroatoms. The zero-order chi connectivity index (χ0) is 11.0. The first-order valence-electron chi connectivity index (χ1n) is 5.33. The van der Waals surface area contributed by atoms with Gasteiger partial charge in [-0.15, -0.1) is 0 Å². The second kappa shape index (κ2) is 3.76. The van der Waals surface area contributed by atoms with Gasteiger partial charge in [0.15, 0.2) is 0 Å². The van der Waals surface area contributed by atoms with Gasteiger partial charge in [0.05, 0.1) is 5.60 Å². The van der Waals surface area contributed by atoms with Crippen molar-refractivity contribution in [2.75, 3.05) is 0 Å². The molecule has 84 valence electrons. The summed E-state index contributed by atoms with van der Waals surface area (Å²) in [5, 5.41) is 10.1. The van der Waals surface area contributed by atoms with Crippen molar-refractivity contribution in [1.82, 2.24) is 0 Å². The molecule has 0 spiro atoms. The number of hydrogen-bond donors (Lipinski definition) is 1. The van der Waals surface area contributed by atoms with Crippen LogP contribution >= 0.6 is 0 Å². The van der Waals surface area contributed by atoms with E-state index < -0.39 is 11.5 Å². The topological polar surface area (TPSA) is 20.2 Å². The highest BCUT2D eigenvalue weighted by atomic mass is 19.3. The third-order valence-electron chi connectivity index (χ3n) is 2.75. The van der Waals surface area contributed by atoms with Crippen molar-refractivity contribution in [2.24, 2.45) is 11.8 Å². The predicted octanol–water partition coefficient (Wildman–Crippen LogP) is 3.22. The highest BCUT2D eigenvalue weighted by molar-refractivity contribution is 4.93. The summed E-state index contributed by atoms with van der Waals surface area (Å²) < 4.78 is 26.5. The molecule has 0 radical (unpaired) electrons. The molecule has 1 rings (SSSR count). The molecule has 2 atom stereocenters. The highest BCUT2D eigenvalue weighted by Crippen LogP contribution is 2.44. The summed E-state index contributed by atoms with van der Waals surface area (Å²) in [6, 6.07) is 0. The van der Waals surface area contributed by atoms with Crippen molar-refractivity contribution in [1.29, 1.82) is 0 Å². The highest BCUT2D eigenvalue weighted by Gasteiger charge is 2.47. The van der Waals surface area contributed by atoms with Crippen LogP contribution in [-0.4, -0.2) is 16.6 Å². The fourth-order valence-electron chi connectivity index (χ4n) is 2.77. The van der Waals surface area contributed by atoms with E-state index in [-0.39, 0.29) is 24.7 Å². The zero-order valence-corrected chi connectivity index (χ0v) is 9.19. The monoisotopic (exact) mass is 206 g/mol. The van der Waals surface area contributed by atoms with Crippen LogP contribution in [-0.2, 0) is 0 Å². The molecule has 0 saturated heterocycles. The summed E-state index contributed by atoms with van der Waals surface area (Å²) in [6.07, 6.45) is 0.559. The van der Waals surface area contributed by atoms with Crippen LogP contribution in [0.5, 0.6) is 0 Å². The van der Waals surface area contributed by atoms with Gasteiger partial charge in [-0.2, -0.15) is 0 Å². The van der Waals surface area contributed by atoms with E-state index in [4.69, 9.17) is 0 Å². The van der Waals surface area contributed by atoms with E-state index in [1.54, 1.807) is 6.92 Å². The van der Waals surface area contributed by atoms with Crippen molar-refractivity contribution >= 4 is 0 Å². The van der Waals surface area contributed by atoms with Crippen LogP contribution < -0.4 is 0 Å². The van der Waals surface area contributed by atoms with E-state index in [1.165, 1.54) is 0 Å². The smallest absolute Gasteiger partial charge is 0.251 e. The third-order valence-corrected chi connectivity index (χ3v) is 2.75. The molecule has 0 unspecified atom stereocenters. The molecule has 1 aliphatic rings. The van der Waals surface area contributed by atoms with Gasteiger partial charge in [0.25, 0.3) is 5.92 Å². The Kier molecular flexibility index (Phi) is 3.20. The lowest BCUT2D eigenvalue weighted by molar-refractivity contribution is -0.146. The van der Waals surface area contributed by atoms with Gasteiger partial charge in [0, 0.05) is 12.8 Å². The Morgan fingerprint density at radius 3 is 2.36 bits per heavy atom. The van der Waals surface area contributed by atoms with Gasteiger partial charge in [-0.25, -0.2) is 8.78 Å².